The summed E-state index contributed by atoms with van der Waals surface area (Å²) in [7, 11) is 0. The molecule has 0 radical (unpaired) electrons. The maximum Gasteiger partial charge on any atom is 0.129 e. The predicted molar refractivity (Wildman–Crippen MR) is 75.5 cm³/mol. The third-order valence-corrected chi connectivity index (χ3v) is 3.24. The van der Waals surface area contributed by atoms with Gasteiger partial charge in [0.25, 0.3) is 0 Å². The Hall–Kier alpha value is -1.81. The van der Waals surface area contributed by atoms with Gasteiger partial charge in [-0.1, -0.05) is 13.0 Å². The number of nitrogens with one attached hydrogen (secondary N) is 1. The van der Waals surface area contributed by atoms with E-state index in [1.54, 1.807) is 6.20 Å². The third kappa shape index (κ3) is 3.39. The van der Waals surface area contributed by atoms with Gasteiger partial charge in [0.15, 0.2) is 0 Å². The molecule has 2 aromatic rings. The van der Waals surface area contributed by atoms with Gasteiger partial charge in [-0.15, -0.1) is 0 Å². The molecule has 1 unspecified atom stereocenters. The number of pyridine rings is 1. The summed E-state index contributed by atoms with van der Waals surface area (Å²) in [5, 5.41) is 3.27. The van der Waals surface area contributed by atoms with Crippen LogP contribution < -0.4 is 5.32 Å². The molecule has 1 aromatic carbocycles. The number of hydrogen-bond donors (Lipinski definition) is 1. The molecule has 0 saturated heterocycles. The van der Waals surface area contributed by atoms with Crippen molar-refractivity contribution in [1.82, 2.24) is 10.3 Å². The van der Waals surface area contributed by atoms with Crippen LogP contribution in [0, 0.1) is 18.6 Å². The first-order valence-corrected chi connectivity index (χ1v) is 6.70. The largest absolute Gasteiger partial charge is 0.310 e. The van der Waals surface area contributed by atoms with Gasteiger partial charge in [0.1, 0.15) is 11.6 Å². The van der Waals surface area contributed by atoms with Crippen molar-refractivity contribution >= 4 is 0 Å². The first-order chi connectivity index (χ1) is 9.61. The van der Waals surface area contributed by atoms with E-state index >= 15 is 0 Å². The highest BCUT2D eigenvalue weighted by Crippen LogP contribution is 2.22. The van der Waals surface area contributed by atoms with Gasteiger partial charge in [-0.2, -0.15) is 0 Å². The molecule has 4 heteroatoms. The van der Waals surface area contributed by atoms with Crippen molar-refractivity contribution in [1.29, 1.82) is 0 Å². The number of rotatable bonds is 5. The zero-order chi connectivity index (χ0) is 14.5. The Balaban J connectivity index is 2.30. The molecule has 106 valence electrons. The van der Waals surface area contributed by atoms with Crippen LogP contribution in [-0.4, -0.2) is 11.5 Å². The van der Waals surface area contributed by atoms with Gasteiger partial charge in [0, 0.05) is 23.5 Å². The standard InChI is InChI=1S/C16H18F2N2/c1-3-19-16(12-7-8-20-11(2)9-12)10-13-14(17)5-4-6-15(13)18/h4-9,16,19H,3,10H2,1-2H3. The van der Waals surface area contributed by atoms with Crippen molar-refractivity contribution in [2.75, 3.05) is 6.54 Å². The summed E-state index contributed by atoms with van der Waals surface area (Å²) in [6.07, 6.45) is 1.99. The van der Waals surface area contributed by atoms with Crippen molar-refractivity contribution < 1.29 is 8.78 Å². The average Bonchev–Trinajstić information content (AvgIpc) is 2.42. The van der Waals surface area contributed by atoms with E-state index < -0.39 is 11.6 Å². The Morgan fingerprint density at radius 2 is 1.90 bits per heavy atom. The molecule has 1 heterocycles. The van der Waals surface area contributed by atoms with Crippen LogP contribution in [0.4, 0.5) is 8.78 Å². The highest BCUT2D eigenvalue weighted by atomic mass is 19.1. The molecule has 0 fully saturated rings. The van der Waals surface area contributed by atoms with Crippen LogP contribution in [0.15, 0.2) is 36.5 Å². The van der Waals surface area contributed by atoms with Crippen molar-refractivity contribution in [3.8, 4) is 0 Å². The smallest absolute Gasteiger partial charge is 0.129 e. The van der Waals surface area contributed by atoms with Crippen LogP contribution in [0.1, 0.15) is 29.8 Å². The summed E-state index contributed by atoms with van der Waals surface area (Å²) in [5.41, 5.74) is 1.99. The minimum atomic E-state index is -0.501. The quantitative estimate of drug-likeness (QED) is 0.903. The van der Waals surface area contributed by atoms with Crippen LogP contribution in [-0.2, 0) is 6.42 Å². The van der Waals surface area contributed by atoms with E-state index in [0.717, 1.165) is 17.8 Å². The normalized spacial score (nSPS) is 12.4. The first-order valence-electron chi connectivity index (χ1n) is 6.70. The Kier molecular flexibility index (Phi) is 4.79. The molecular formula is C16H18F2N2. The topological polar surface area (TPSA) is 24.9 Å². The van der Waals surface area contributed by atoms with Crippen LogP contribution in [0.3, 0.4) is 0 Å². The molecule has 0 aliphatic carbocycles. The minimum absolute atomic E-state index is 0.118. The lowest BCUT2D eigenvalue weighted by Crippen LogP contribution is -2.24. The molecule has 0 aliphatic heterocycles. The summed E-state index contributed by atoms with van der Waals surface area (Å²) < 4.78 is 27.5. The van der Waals surface area contributed by atoms with Gasteiger partial charge in [0.05, 0.1) is 0 Å². The van der Waals surface area contributed by atoms with Crippen LogP contribution in [0.25, 0.3) is 0 Å². The molecule has 1 N–H and O–H groups in total. The van der Waals surface area contributed by atoms with E-state index in [9.17, 15) is 8.78 Å². The van der Waals surface area contributed by atoms with Crippen molar-refractivity contribution in [3.63, 3.8) is 0 Å². The Morgan fingerprint density at radius 3 is 2.50 bits per heavy atom. The summed E-state index contributed by atoms with van der Waals surface area (Å²) in [4.78, 5) is 4.15. The number of nitrogens with zero attached hydrogens (tertiary/aromatic N) is 1. The fourth-order valence-electron chi connectivity index (χ4n) is 2.27. The summed E-state index contributed by atoms with van der Waals surface area (Å²) >= 11 is 0. The van der Waals surface area contributed by atoms with E-state index in [-0.39, 0.29) is 18.0 Å². The van der Waals surface area contributed by atoms with Crippen LogP contribution in [0.2, 0.25) is 0 Å². The number of aryl methyl sites for hydroxylation is 1. The summed E-state index contributed by atoms with van der Waals surface area (Å²) in [6, 6.07) is 7.64. The molecule has 0 bridgehead atoms. The zero-order valence-electron chi connectivity index (χ0n) is 11.7. The number of hydrogen-bond acceptors (Lipinski definition) is 2. The van der Waals surface area contributed by atoms with Crippen LogP contribution >= 0.6 is 0 Å². The van der Waals surface area contributed by atoms with Crippen LogP contribution in [0.5, 0.6) is 0 Å². The van der Waals surface area contributed by atoms with E-state index in [2.05, 4.69) is 10.3 Å². The van der Waals surface area contributed by atoms with E-state index in [4.69, 9.17) is 0 Å². The monoisotopic (exact) mass is 276 g/mol. The fourth-order valence-corrected chi connectivity index (χ4v) is 2.27. The van der Waals surface area contributed by atoms with Gasteiger partial charge >= 0.3 is 0 Å². The first kappa shape index (κ1) is 14.6. The van der Waals surface area contributed by atoms with E-state index in [1.807, 2.05) is 26.0 Å². The molecule has 0 spiro atoms. The molecule has 20 heavy (non-hydrogen) atoms. The lowest BCUT2D eigenvalue weighted by molar-refractivity contribution is 0.499. The maximum atomic E-state index is 13.8. The summed E-state index contributed by atoms with van der Waals surface area (Å²) in [5.74, 6) is -1.00. The Labute approximate surface area is 117 Å². The summed E-state index contributed by atoms with van der Waals surface area (Å²) in [6.45, 7) is 4.59. The minimum Gasteiger partial charge on any atom is -0.310 e. The van der Waals surface area contributed by atoms with Crippen molar-refractivity contribution in [2.45, 2.75) is 26.3 Å². The molecule has 1 atom stereocenters. The zero-order valence-corrected chi connectivity index (χ0v) is 11.7. The molecule has 0 saturated carbocycles. The number of aromatic nitrogens is 1. The fraction of sp³-hybridized carbons (Fsp3) is 0.312. The molecule has 2 nitrogen and oxygen atoms in total. The second-order valence-electron chi connectivity index (χ2n) is 4.75. The average molecular weight is 276 g/mol. The van der Waals surface area contributed by atoms with Crippen molar-refractivity contribution in [2.24, 2.45) is 0 Å². The number of halogens is 2. The molecule has 0 amide bonds. The third-order valence-electron chi connectivity index (χ3n) is 3.24. The highest BCUT2D eigenvalue weighted by Gasteiger charge is 2.17. The van der Waals surface area contributed by atoms with E-state index in [1.165, 1.54) is 18.2 Å². The van der Waals surface area contributed by atoms with Gasteiger partial charge in [-0.05, 0) is 49.7 Å². The Morgan fingerprint density at radius 1 is 1.20 bits per heavy atom. The lowest BCUT2D eigenvalue weighted by Gasteiger charge is -2.19. The van der Waals surface area contributed by atoms with Crippen molar-refractivity contribution in [3.05, 3.63) is 65.0 Å². The molecule has 1 aromatic heterocycles. The van der Waals surface area contributed by atoms with Gasteiger partial charge in [-0.25, -0.2) is 8.78 Å². The van der Waals surface area contributed by atoms with Gasteiger partial charge in [0.2, 0.25) is 0 Å². The molecule has 2 rings (SSSR count). The number of benzene rings is 1. The highest BCUT2D eigenvalue weighted by molar-refractivity contribution is 5.26. The second kappa shape index (κ2) is 6.57. The molecule has 0 aliphatic rings. The SMILES string of the molecule is CCNC(Cc1c(F)cccc1F)c1ccnc(C)c1. The lowest BCUT2D eigenvalue weighted by atomic mass is 9.98. The maximum absolute atomic E-state index is 13.8. The Bertz CT molecular complexity index is 564. The van der Waals surface area contributed by atoms with E-state index in [0.29, 0.717) is 0 Å². The van der Waals surface area contributed by atoms with Gasteiger partial charge in [-0.3, -0.25) is 4.98 Å². The number of likely N-dealkylation sites (N-methyl/N-ethyl adjacent to an activating group) is 1. The predicted octanol–water partition coefficient (Wildman–Crippen LogP) is 3.56. The van der Waals surface area contributed by atoms with Gasteiger partial charge < -0.3 is 5.32 Å². The second-order valence-corrected chi connectivity index (χ2v) is 4.75. The molecular weight excluding hydrogens is 258 g/mol.